The Hall–Kier alpha value is -1.05. The molecule has 0 spiro atoms. The van der Waals surface area contributed by atoms with Gasteiger partial charge in [-0.3, -0.25) is 0 Å². The molecule has 0 rings (SSSR count). The Kier molecular flexibility index (Phi) is 11.3. The van der Waals surface area contributed by atoms with Gasteiger partial charge in [0.1, 0.15) is 0 Å². The molecular weight excluding hydrogens is 236 g/mol. The number of hydrogen-bond acceptors (Lipinski definition) is 2. The SMILES string of the molecule is C=COC(=O)C(=CCCCC)CC(CC)CCCC. The molecule has 0 aromatic heterocycles. The molecule has 1 atom stereocenters. The average molecular weight is 266 g/mol. The summed E-state index contributed by atoms with van der Waals surface area (Å²) >= 11 is 0. The van der Waals surface area contributed by atoms with Crippen LogP contribution in [0.15, 0.2) is 24.5 Å². The van der Waals surface area contributed by atoms with Crippen LogP contribution in [0.25, 0.3) is 0 Å². The third-order valence-electron chi connectivity index (χ3n) is 3.45. The lowest BCUT2D eigenvalue weighted by Gasteiger charge is -2.15. The lowest BCUT2D eigenvalue weighted by Crippen LogP contribution is -2.10. The van der Waals surface area contributed by atoms with E-state index in [0.29, 0.717) is 5.92 Å². The maximum atomic E-state index is 11.9. The molecule has 0 saturated heterocycles. The van der Waals surface area contributed by atoms with Crippen molar-refractivity contribution >= 4 is 5.97 Å². The van der Waals surface area contributed by atoms with Crippen LogP contribution in [0.5, 0.6) is 0 Å². The van der Waals surface area contributed by atoms with E-state index in [9.17, 15) is 4.79 Å². The van der Waals surface area contributed by atoms with Crippen molar-refractivity contribution < 1.29 is 9.53 Å². The lowest BCUT2D eigenvalue weighted by molar-refractivity contribution is -0.133. The molecule has 110 valence electrons. The molecule has 2 nitrogen and oxygen atoms in total. The zero-order chi connectivity index (χ0) is 14.5. The summed E-state index contributed by atoms with van der Waals surface area (Å²) in [5, 5.41) is 0. The first-order valence-electron chi connectivity index (χ1n) is 7.70. The Morgan fingerprint density at radius 3 is 2.42 bits per heavy atom. The third kappa shape index (κ3) is 8.63. The molecule has 0 aliphatic carbocycles. The van der Waals surface area contributed by atoms with Gasteiger partial charge < -0.3 is 4.74 Å². The predicted molar refractivity (Wildman–Crippen MR) is 81.8 cm³/mol. The summed E-state index contributed by atoms with van der Waals surface area (Å²) in [7, 11) is 0. The Labute approximate surface area is 118 Å². The van der Waals surface area contributed by atoms with E-state index >= 15 is 0 Å². The number of rotatable bonds is 11. The molecule has 1 unspecified atom stereocenters. The minimum atomic E-state index is -0.221. The minimum absolute atomic E-state index is 0.221. The molecule has 0 aliphatic rings. The van der Waals surface area contributed by atoms with Crippen LogP contribution in [0.2, 0.25) is 0 Å². The molecule has 0 aromatic carbocycles. The van der Waals surface area contributed by atoms with Crippen molar-refractivity contribution in [2.75, 3.05) is 0 Å². The Morgan fingerprint density at radius 1 is 1.21 bits per heavy atom. The first-order valence-corrected chi connectivity index (χ1v) is 7.70. The van der Waals surface area contributed by atoms with Crippen molar-refractivity contribution in [1.29, 1.82) is 0 Å². The summed E-state index contributed by atoms with van der Waals surface area (Å²) in [4.78, 5) is 11.9. The molecule has 0 aliphatic heterocycles. The topological polar surface area (TPSA) is 26.3 Å². The number of unbranched alkanes of at least 4 members (excludes halogenated alkanes) is 3. The molecular formula is C17H30O2. The van der Waals surface area contributed by atoms with Crippen LogP contribution in [0.1, 0.15) is 72.1 Å². The lowest BCUT2D eigenvalue weighted by atomic mass is 9.91. The molecule has 0 aromatic rings. The van der Waals surface area contributed by atoms with Gasteiger partial charge in [-0.05, 0) is 18.8 Å². The summed E-state index contributed by atoms with van der Waals surface area (Å²) in [5.41, 5.74) is 0.830. The molecule has 0 amide bonds. The minimum Gasteiger partial charge on any atom is -0.432 e. The zero-order valence-corrected chi connectivity index (χ0v) is 12.9. The van der Waals surface area contributed by atoms with E-state index in [1.54, 1.807) is 0 Å². The van der Waals surface area contributed by atoms with Crippen LogP contribution in [-0.4, -0.2) is 5.97 Å². The van der Waals surface area contributed by atoms with Gasteiger partial charge in [-0.1, -0.05) is 72.0 Å². The van der Waals surface area contributed by atoms with Crippen LogP contribution in [0.4, 0.5) is 0 Å². The van der Waals surface area contributed by atoms with E-state index in [1.165, 1.54) is 25.5 Å². The maximum Gasteiger partial charge on any atom is 0.338 e. The third-order valence-corrected chi connectivity index (χ3v) is 3.45. The zero-order valence-electron chi connectivity index (χ0n) is 12.9. The van der Waals surface area contributed by atoms with Crippen LogP contribution >= 0.6 is 0 Å². The van der Waals surface area contributed by atoms with Gasteiger partial charge in [0.05, 0.1) is 6.26 Å². The first-order chi connectivity index (χ1) is 9.19. The largest absolute Gasteiger partial charge is 0.432 e. The average Bonchev–Trinajstić information content (AvgIpc) is 2.41. The number of ether oxygens (including phenoxy) is 1. The molecule has 0 heterocycles. The van der Waals surface area contributed by atoms with Crippen LogP contribution in [0.3, 0.4) is 0 Å². The number of esters is 1. The summed E-state index contributed by atoms with van der Waals surface area (Å²) in [6.45, 7) is 10.0. The summed E-state index contributed by atoms with van der Waals surface area (Å²) in [6.07, 6.45) is 12.1. The summed E-state index contributed by atoms with van der Waals surface area (Å²) in [5.74, 6) is 0.367. The van der Waals surface area contributed by atoms with Gasteiger partial charge in [-0.2, -0.15) is 0 Å². The Morgan fingerprint density at radius 2 is 1.89 bits per heavy atom. The molecule has 0 fully saturated rings. The van der Waals surface area contributed by atoms with Crippen LogP contribution in [-0.2, 0) is 9.53 Å². The van der Waals surface area contributed by atoms with E-state index in [0.717, 1.165) is 37.7 Å². The van der Waals surface area contributed by atoms with E-state index in [1.807, 2.05) is 0 Å². The van der Waals surface area contributed by atoms with Crippen molar-refractivity contribution in [1.82, 2.24) is 0 Å². The molecule has 0 bridgehead atoms. The van der Waals surface area contributed by atoms with Gasteiger partial charge in [0.2, 0.25) is 0 Å². The van der Waals surface area contributed by atoms with Crippen molar-refractivity contribution in [3.63, 3.8) is 0 Å². The van der Waals surface area contributed by atoms with E-state index in [2.05, 4.69) is 33.4 Å². The van der Waals surface area contributed by atoms with Crippen molar-refractivity contribution in [2.45, 2.75) is 72.1 Å². The number of carbonyl (C=O) groups is 1. The maximum absolute atomic E-state index is 11.9. The van der Waals surface area contributed by atoms with E-state index in [4.69, 9.17) is 4.74 Å². The number of hydrogen-bond donors (Lipinski definition) is 0. The molecule has 2 heteroatoms. The van der Waals surface area contributed by atoms with Crippen molar-refractivity contribution in [3.05, 3.63) is 24.5 Å². The van der Waals surface area contributed by atoms with Crippen molar-refractivity contribution in [2.24, 2.45) is 5.92 Å². The van der Waals surface area contributed by atoms with Crippen molar-refractivity contribution in [3.8, 4) is 0 Å². The summed E-state index contributed by atoms with van der Waals surface area (Å²) < 4.78 is 4.94. The molecule has 0 saturated carbocycles. The molecule has 0 radical (unpaired) electrons. The Bertz CT molecular complexity index is 279. The Balaban J connectivity index is 4.57. The second-order valence-corrected chi connectivity index (χ2v) is 5.06. The first kappa shape index (κ1) is 17.9. The monoisotopic (exact) mass is 266 g/mol. The van der Waals surface area contributed by atoms with Gasteiger partial charge in [0, 0.05) is 5.57 Å². The van der Waals surface area contributed by atoms with Gasteiger partial charge in [-0.25, -0.2) is 4.79 Å². The summed E-state index contributed by atoms with van der Waals surface area (Å²) in [6, 6.07) is 0. The second kappa shape index (κ2) is 12.0. The standard InChI is InChI=1S/C17H30O2/c1-5-9-11-13-16(17(18)19-8-4)14-15(7-3)12-10-6-2/h8,13,15H,4-7,9-12,14H2,1-3H3. The smallest absolute Gasteiger partial charge is 0.338 e. The second-order valence-electron chi connectivity index (χ2n) is 5.06. The van der Waals surface area contributed by atoms with Gasteiger partial charge in [-0.15, -0.1) is 0 Å². The fourth-order valence-corrected chi connectivity index (χ4v) is 2.14. The highest BCUT2D eigenvalue weighted by atomic mass is 16.5. The molecule has 0 N–H and O–H groups in total. The normalized spacial score (nSPS) is 13.1. The van der Waals surface area contributed by atoms with Gasteiger partial charge in [0.15, 0.2) is 0 Å². The van der Waals surface area contributed by atoms with Crippen LogP contribution < -0.4 is 0 Å². The number of carbonyl (C=O) groups excluding carboxylic acids is 1. The quantitative estimate of drug-likeness (QED) is 0.217. The fraction of sp³-hybridized carbons (Fsp3) is 0.706. The molecule has 19 heavy (non-hydrogen) atoms. The van der Waals surface area contributed by atoms with E-state index < -0.39 is 0 Å². The highest BCUT2D eigenvalue weighted by Crippen LogP contribution is 2.23. The van der Waals surface area contributed by atoms with E-state index in [-0.39, 0.29) is 5.97 Å². The fourth-order valence-electron chi connectivity index (χ4n) is 2.14. The number of allylic oxidation sites excluding steroid dienone is 1. The highest BCUT2D eigenvalue weighted by molar-refractivity contribution is 5.88. The van der Waals surface area contributed by atoms with Gasteiger partial charge in [0.25, 0.3) is 0 Å². The van der Waals surface area contributed by atoms with Gasteiger partial charge >= 0.3 is 5.97 Å². The predicted octanol–water partition coefficient (Wildman–Crippen LogP) is 5.40. The van der Waals surface area contributed by atoms with Crippen LogP contribution in [0, 0.1) is 5.92 Å². The highest BCUT2D eigenvalue weighted by Gasteiger charge is 2.15.